The van der Waals surface area contributed by atoms with E-state index < -0.39 is 21.7 Å². The molecule has 0 aliphatic carbocycles. The summed E-state index contributed by atoms with van der Waals surface area (Å²) in [5.74, 6) is -1.15. The molecule has 186 valence electrons. The molecule has 2 heterocycles. The molecule has 10 heteroatoms. The van der Waals surface area contributed by atoms with Crippen molar-refractivity contribution in [3.63, 3.8) is 0 Å². The SMILES string of the molecule is Cc1cc(C)cc(S(=O)(=O)c2c(C(=O)NCC(=O)N[C@H](C)c3ccncc3)[nH]c3ccc(Cl)cc23)c1. The van der Waals surface area contributed by atoms with Crippen molar-refractivity contribution in [3.8, 4) is 0 Å². The number of sulfone groups is 1. The van der Waals surface area contributed by atoms with Gasteiger partial charge in [-0.15, -0.1) is 0 Å². The number of halogens is 1. The summed E-state index contributed by atoms with van der Waals surface area (Å²) in [7, 11) is -4.11. The van der Waals surface area contributed by atoms with E-state index in [-0.39, 0.29) is 28.1 Å². The molecule has 0 spiro atoms. The van der Waals surface area contributed by atoms with Crippen LogP contribution in [0.3, 0.4) is 0 Å². The van der Waals surface area contributed by atoms with E-state index in [9.17, 15) is 18.0 Å². The Bertz CT molecular complexity index is 1550. The lowest BCUT2D eigenvalue weighted by molar-refractivity contribution is -0.120. The Hall–Kier alpha value is -3.69. The Morgan fingerprint density at radius 3 is 2.36 bits per heavy atom. The number of hydrogen-bond acceptors (Lipinski definition) is 5. The Kier molecular flexibility index (Phi) is 7.14. The van der Waals surface area contributed by atoms with Gasteiger partial charge in [-0.2, -0.15) is 0 Å². The number of H-pyrrole nitrogens is 1. The van der Waals surface area contributed by atoms with Crippen LogP contribution in [0.4, 0.5) is 0 Å². The van der Waals surface area contributed by atoms with Crippen molar-refractivity contribution in [2.75, 3.05) is 6.54 Å². The summed E-state index contributed by atoms with van der Waals surface area (Å²) in [6, 6.07) is 13.0. The van der Waals surface area contributed by atoms with Crippen LogP contribution in [0.1, 0.15) is 40.1 Å². The number of rotatable bonds is 7. The maximum atomic E-state index is 13.8. The minimum Gasteiger partial charge on any atom is -0.349 e. The third-order valence-electron chi connectivity index (χ3n) is 5.71. The lowest BCUT2D eigenvalue weighted by Gasteiger charge is -2.14. The summed E-state index contributed by atoms with van der Waals surface area (Å²) in [5, 5.41) is 5.94. The molecular formula is C26H25ClN4O4S. The molecule has 36 heavy (non-hydrogen) atoms. The predicted molar refractivity (Wildman–Crippen MR) is 138 cm³/mol. The number of fused-ring (bicyclic) bond motifs is 1. The Labute approximate surface area is 214 Å². The van der Waals surface area contributed by atoms with Crippen LogP contribution in [-0.2, 0) is 14.6 Å². The number of benzene rings is 2. The molecule has 8 nitrogen and oxygen atoms in total. The van der Waals surface area contributed by atoms with E-state index >= 15 is 0 Å². The fourth-order valence-corrected chi connectivity index (χ4v) is 6.02. The lowest BCUT2D eigenvalue weighted by Crippen LogP contribution is -2.38. The van der Waals surface area contributed by atoms with Gasteiger partial charge in [-0.1, -0.05) is 17.7 Å². The second-order valence-corrected chi connectivity index (χ2v) is 10.9. The van der Waals surface area contributed by atoms with Crippen molar-refractivity contribution in [2.24, 2.45) is 0 Å². The quantitative estimate of drug-likeness (QED) is 0.333. The van der Waals surface area contributed by atoms with Crippen LogP contribution in [0.25, 0.3) is 10.9 Å². The molecule has 2 amide bonds. The summed E-state index contributed by atoms with van der Waals surface area (Å²) < 4.78 is 27.5. The van der Waals surface area contributed by atoms with Crippen LogP contribution < -0.4 is 10.6 Å². The highest BCUT2D eigenvalue weighted by atomic mass is 35.5. The monoisotopic (exact) mass is 524 g/mol. The maximum absolute atomic E-state index is 13.8. The number of nitrogens with one attached hydrogen (secondary N) is 3. The van der Waals surface area contributed by atoms with E-state index in [0.29, 0.717) is 15.9 Å². The first-order valence-corrected chi connectivity index (χ1v) is 13.0. The van der Waals surface area contributed by atoms with E-state index in [1.807, 2.05) is 13.0 Å². The number of carbonyl (C=O) groups excluding carboxylic acids is 2. The molecule has 0 radical (unpaired) electrons. The van der Waals surface area contributed by atoms with Crippen molar-refractivity contribution in [1.82, 2.24) is 20.6 Å². The van der Waals surface area contributed by atoms with E-state index in [1.165, 1.54) is 6.07 Å². The molecule has 1 atom stereocenters. The largest absolute Gasteiger partial charge is 0.349 e. The number of aryl methyl sites for hydroxylation is 2. The zero-order valence-corrected chi connectivity index (χ0v) is 21.5. The second-order valence-electron chi connectivity index (χ2n) is 8.60. The summed E-state index contributed by atoms with van der Waals surface area (Å²) in [6.07, 6.45) is 3.25. The van der Waals surface area contributed by atoms with Gasteiger partial charge in [0.15, 0.2) is 0 Å². The van der Waals surface area contributed by atoms with Gasteiger partial charge in [-0.25, -0.2) is 8.42 Å². The highest BCUT2D eigenvalue weighted by Gasteiger charge is 2.30. The third-order valence-corrected chi connectivity index (χ3v) is 7.76. The van der Waals surface area contributed by atoms with Gasteiger partial charge in [0.1, 0.15) is 10.6 Å². The third kappa shape index (κ3) is 5.27. The van der Waals surface area contributed by atoms with Crippen LogP contribution in [0.2, 0.25) is 5.02 Å². The van der Waals surface area contributed by atoms with Gasteiger partial charge in [-0.05, 0) is 79.9 Å². The van der Waals surface area contributed by atoms with E-state index in [1.54, 1.807) is 62.6 Å². The Morgan fingerprint density at radius 2 is 1.69 bits per heavy atom. The maximum Gasteiger partial charge on any atom is 0.269 e. The van der Waals surface area contributed by atoms with E-state index in [0.717, 1.165) is 16.7 Å². The zero-order valence-electron chi connectivity index (χ0n) is 19.9. The number of hydrogen-bond donors (Lipinski definition) is 3. The Morgan fingerprint density at radius 1 is 1.03 bits per heavy atom. The van der Waals surface area contributed by atoms with Crippen molar-refractivity contribution < 1.29 is 18.0 Å². The van der Waals surface area contributed by atoms with Gasteiger partial charge >= 0.3 is 0 Å². The van der Waals surface area contributed by atoms with Crippen LogP contribution in [0, 0.1) is 13.8 Å². The normalized spacial score (nSPS) is 12.3. The smallest absolute Gasteiger partial charge is 0.269 e. The summed E-state index contributed by atoms with van der Waals surface area (Å²) in [6.45, 7) is 5.08. The second kappa shape index (κ2) is 10.1. The first kappa shape index (κ1) is 25.4. The average Bonchev–Trinajstić information content (AvgIpc) is 3.22. The predicted octanol–water partition coefficient (Wildman–Crippen LogP) is 4.27. The van der Waals surface area contributed by atoms with E-state index in [2.05, 4.69) is 20.6 Å². The van der Waals surface area contributed by atoms with Crippen molar-refractivity contribution >= 4 is 44.2 Å². The first-order chi connectivity index (χ1) is 17.1. The van der Waals surface area contributed by atoms with Gasteiger partial charge in [-0.3, -0.25) is 14.6 Å². The zero-order chi connectivity index (χ0) is 26.0. The van der Waals surface area contributed by atoms with Crippen LogP contribution in [-0.4, -0.2) is 36.7 Å². The molecule has 0 fully saturated rings. The number of carbonyl (C=O) groups is 2. The number of amides is 2. The summed E-state index contributed by atoms with van der Waals surface area (Å²) in [4.78, 5) is 32.4. The number of nitrogens with zero attached hydrogens (tertiary/aromatic N) is 1. The van der Waals surface area contributed by atoms with Gasteiger partial charge < -0.3 is 15.6 Å². The molecule has 3 N–H and O–H groups in total. The molecule has 0 aliphatic heterocycles. The average molecular weight is 525 g/mol. The molecule has 0 bridgehead atoms. The van der Waals surface area contributed by atoms with Crippen molar-refractivity contribution in [2.45, 2.75) is 36.6 Å². The summed E-state index contributed by atoms with van der Waals surface area (Å²) in [5.41, 5.74) is 2.68. The highest BCUT2D eigenvalue weighted by Crippen LogP contribution is 2.34. The van der Waals surface area contributed by atoms with Crippen LogP contribution in [0.15, 0.2) is 70.7 Å². The highest BCUT2D eigenvalue weighted by molar-refractivity contribution is 7.91. The van der Waals surface area contributed by atoms with Crippen molar-refractivity contribution in [3.05, 3.63) is 88.3 Å². The van der Waals surface area contributed by atoms with Gasteiger partial charge in [0.05, 0.1) is 17.5 Å². The molecule has 2 aromatic carbocycles. The molecular weight excluding hydrogens is 500 g/mol. The fraction of sp³-hybridized carbons (Fsp3) is 0.192. The first-order valence-electron chi connectivity index (χ1n) is 11.2. The van der Waals surface area contributed by atoms with Gasteiger partial charge in [0.2, 0.25) is 15.7 Å². The number of pyridine rings is 1. The molecule has 0 saturated heterocycles. The molecule has 2 aromatic heterocycles. The Balaban J connectivity index is 1.65. The summed E-state index contributed by atoms with van der Waals surface area (Å²) >= 11 is 6.16. The van der Waals surface area contributed by atoms with E-state index in [4.69, 9.17) is 11.6 Å². The van der Waals surface area contributed by atoms with Crippen LogP contribution in [0.5, 0.6) is 0 Å². The van der Waals surface area contributed by atoms with Crippen LogP contribution >= 0.6 is 11.6 Å². The molecule has 0 aliphatic rings. The molecule has 4 rings (SSSR count). The molecule has 0 unspecified atom stereocenters. The number of aromatic nitrogens is 2. The molecule has 0 saturated carbocycles. The minimum absolute atomic E-state index is 0.0684. The van der Waals surface area contributed by atoms with Gasteiger partial charge in [0.25, 0.3) is 5.91 Å². The number of aromatic amines is 1. The fourth-order valence-electron chi connectivity index (χ4n) is 4.06. The molecule has 4 aromatic rings. The lowest BCUT2D eigenvalue weighted by atomic mass is 10.1. The van der Waals surface area contributed by atoms with Crippen molar-refractivity contribution in [1.29, 1.82) is 0 Å². The minimum atomic E-state index is -4.11. The topological polar surface area (TPSA) is 121 Å². The van der Waals surface area contributed by atoms with Gasteiger partial charge in [0, 0.05) is 28.3 Å². The standard InChI is InChI=1S/C26H25ClN4O4S/c1-15-10-16(2)12-20(11-15)36(34,35)25-21-13-19(27)4-5-22(21)31-24(25)26(33)29-14-23(32)30-17(3)18-6-8-28-9-7-18/h4-13,17,31H,14H2,1-3H3,(H,29,33)(H,30,32)/t17-/m1/s1.